The molecule has 4 nitrogen and oxygen atoms in total. The highest BCUT2D eigenvalue weighted by Crippen LogP contribution is 2.17. The molecule has 17 heavy (non-hydrogen) atoms. The Morgan fingerprint density at radius 3 is 2.65 bits per heavy atom. The highest BCUT2D eigenvalue weighted by Gasteiger charge is 2.28. The van der Waals surface area contributed by atoms with E-state index in [-0.39, 0.29) is 18.1 Å². The first-order valence-corrected chi connectivity index (χ1v) is 4.68. The highest BCUT2D eigenvalue weighted by molar-refractivity contribution is 5.76. The van der Waals surface area contributed by atoms with E-state index in [2.05, 4.69) is 9.72 Å². The minimum Gasteiger partial charge on any atom is -0.489 e. The third-order valence-electron chi connectivity index (χ3n) is 1.74. The van der Waals surface area contributed by atoms with Crippen LogP contribution in [-0.2, 0) is 4.74 Å². The Morgan fingerprint density at radius 1 is 1.35 bits per heavy atom. The van der Waals surface area contributed by atoms with Gasteiger partial charge < -0.3 is 4.74 Å². The molecule has 0 N–H and O–H groups in total. The predicted octanol–water partition coefficient (Wildman–Crippen LogP) is 2.12. The Hall–Kier alpha value is -1.63. The smallest absolute Gasteiger partial charge is 0.489 e. The van der Waals surface area contributed by atoms with E-state index in [0.717, 1.165) is 0 Å². The summed E-state index contributed by atoms with van der Waals surface area (Å²) in [5, 5.41) is 0. The maximum absolute atomic E-state index is 11.6. The molecule has 0 unspecified atom stereocenters. The molecule has 0 aliphatic heterocycles. The minimum absolute atomic E-state index is 0.0528. The van der Waals surface area contributed by atoms with E-state index in [1.807, 2.05) is 0 Å². The number of pyridine rings is 1. The summed E-state index contributed by atoms with van der Waals surface area (Å²) >= 11 is 0. The van der Waals surface area contributed by atoms with Crippen LogP contribution in [0.1, 0.15) is 16.2 Å². The second-order valence-corrected chi connectivity index (χ2v) is 3.10. The minimum atomic E-state index is -4.68. The van der Waals surface area contributed by atoms with Gasteiger partial charge in [0.05, 0.1) is 6.61 Å². The maximum atomic E-state index is 11.6. The number of alkyl halides is 3. The molecule has 94 valence electrons. The second kappa shape index (κ2) is 5.62. The lowest BCUT2D eigenvalue weighted by atomic mass is 10.3. The van der Waals surface area contributed by atoms with Crippen molar-refractivity contribution in [3.63, 3.8) is 0 Å². The molecular weight excluding hydrogens is 239 g/mol. The second-order valence-electron chi connectivity index (χ2n) is 3.10. The van der Waals surface area contributed by atoms with Crippen molar-refractivity contribution in [1.29, 1.82) is 0 Å². The molecule has 0 aliphatic carbocycles. The van der Waals surface area contributed by atoms with Gasteiger partial charge in [0.1, 0.15) is 18.1 Å². The van der Waals surface area contributed by atoms with E-state index in [4.69, 9.17) is 4.74 Å². The van der Waals surface area contributed by atoms with Crippen LogP contribution in [0.5, 0.6) is 5.75 Å². The van der Waals surface area contributed by atoms with E-state index < -0.39 is 13.0 Å². The van der Waals surface area contributed by atoms with Crippen LogP contribution in [0, 0.1) is 6.92 Å². The molecule has 0 bridgehead atoms. The monoisotopic (exact) mass is 249 g/mol. The van der Waals surface area contributed by atoms with Gasteiger partial charge in [-0.25, -0.2) is 4.98 Å². The Balaban J connectivity index is 2.49. The van der Waals surface area contributed by atoms with Gasteiger partial charge in [0, 0.05) is 5.69 Å². The summed E-state index contributed by atoms with van der Waals surface area (Å²) in [6.07, 6.45) is -4.20. The third kappa shape index (κ3) is 4.81. The number of nitrogens with zero attached hydrogens (tertiary/aromatic N) is 1. The molecule has 0 spiro atoms. The average molecular weight is 249 g/mol. The van der Waals surface area contributed by atoms with Gasteiger partial charge in [-0.3, -0.25) is 9.53 Å². The molecule has 1 heterocycles. The SMILES string of the molecule is Cc1ccc(OCCOC(F)(F)F)c(C=O)n1. The Kier molecular flexibility index (Phi) is 4.45. The fraction of sp³-hybridized carbons (Fsp3) is 0.400. The van der Waals surface area contributed by atoms with Crippen molar-refractivity contribution in [3.05, 3.63) is 23.5 Å². The zero-order valence-electron chi connectivity index (χ0n) is 8.95. The largest absolute Gasteiger partial charge is 0.522 e. The lowest BCUT2D eigenvalue weighted by Crippen LogP contribution is -2.18. The number of carbonyl (C=O) groups excluding carboxylic acids is 1. The van der Waals surface area contributed by atoms with Crippen molar-refractivity contribution in [2.45, 2.75) is 13.3 Å². The van der Waals surface area contributed by atoms with Crippen LogP contribution in [0.2, 0.25) is 0 Å². The van der Waals surface area contributed by atoms with Crippen molar-refractivity contribution in [2.75, 3.05) is 13.2 Å². The molecule has 0 aliphatic rings. The molecule has 1 aromatic rings. The van der Waals surface area contributed by atoms with Crippen LogP contribution in [0.15, 0.2) is 12.1 Å². The predicted molar refractivity (Wildman–Crippen MR) is 51.9 cm³/mol. The summed E-state index contributed by atoms with van der Waals surface area (Å²) in [5.74, 6) is 0.136. The molecule has 0 saturated heterocycles. The van der Waals surface area contributed by atoms with Crippen molar-refractivity contribution in [3.8, 4) is 5.75 Å². The van der Waals surface area contributed by atoms with Crippen molar-refractivity contribution in [1.82, 2.24) is 4.98 Å². The van der Waals surface area contributed by atoms with Crippen LogP contribution in [0.25, 0.3) is 0 Å². The standard InChI is InChI=1S/C10H10F3NO3/c1-7-2-3-9(8(6-15)14-7)16-4-5-17-10(11,12)13/h2-3,6H,4-5H2,1H3. The highest BCUT2D eigenvalue weighted by atomic mass is 19.4. The number of aldehydes is 1. The van der Waals surface area contributed by atoms with Crippen LogP contribution in [0.4, 0.5) is 13.2 Å². The van der Waals surface area contributed by atoms with Gasteiger partial charge in [0.25, 0.3) is 0 Å². The summed E-state index contributed by atoms with van der Waals surface area (Å²) in [4.78, 5) is 14.5. The Bertz CT molecular complexity index is 393. The molecule has 0 aromatic carbocycles. The molecule has 1 aromatic heterocycles. The molecular formula is C10H10F3NO3. The van der Waals surface area contributed by atoms with Gasteiger partial charge in [0.2, 0.25) is 0 Å². The first-order valence-electron chi connectivity index (χ1n) is 4.68. The molecule has 0 saturated carbocycles. The normalized spacial score (nSPS) is 11.3. The van der Waals surface area contributed by atoms with E-state index in [1.54, 1.807) is 13.0 Å². The van der Waals surface area contributed by atoms with Crippen molar-refractivity contribution < 1.29 is 27.4 Å². The number of aryl methyl sites for hydroxylation is 1. The quantitative estimate of drug-likeness (QED) is 0.592. The Morgan fingerprint density at radius 2 is 2.06 bits per heavy atom. The first kappa shape index (κ1) is 13.4. The number of hydrogen-bond acceptors (Lipinski definition) is 4. The summed E-state index contributed by atoms with van der Waals surface area (Å²) in [6, 6.07) is 3.06. The van der Waals surface area contributed by atoms with E-state index in [1.165, 1.54) is 6.07 Å². The topological polar surface area (TPSA) is 48.4 Å². The molecule has 0 fully saturated rings. The Labute approximate surface area is 95.4 Å². The van der Waals surface area contributed by atoms with E-state index in [9.17, 15) is 18.0 Å². The lowest BCUT2D eigenvalue weighted by molar-refractivity contribution is -0.325. The number of rotatable bonds is 5. The van der Waals surface area contributed by atoms with Gasteiger partial charge in [0.15, 0.2) is 6.29 Å². The van der Waals surface area contributed by atoms with Gasteiger partial charge in [-0.1, -0.05) is 0 Å². The molecule has 1 rings (SSSR count). The number of carbonyl (C=O) groups is 1. The van der Waals surface area contributed by atoms with Gasteiger partial charge >= 0.3 is 6.36 Å². The fourth-order valence-corrected chi connectivity index (χ4v) is 1.08. The lowest BCUT2D eigenvalue weighted by Gasteiger charge is -2.10. The number of aromatic nitrogens is 1. The summed E-state index contributed by atoms with van der Waals surface area (Å²) < 4.78 is 43.4. The summed E-state index contributed by atoms with van der Waals surface area (Å²) in [5.41, 5.74) is 0.669. The molecule has 7 heteroatoms. The van der Waals surface area contributed by atoms with Crippen LogP contribution >= 0.6 is 0 Å². The number of ether oxygens (including phenoxy) is 2. The van der Waals surface area contributed by atoms with Crippen molar-refractivity contribution >= 4 is 6.29 Å². The zero-order valence-corrected chi connectivity index (χ0v) is 8.95. The molecule has 0 atom stereocenters. The van der Waals surface area contributed by atoms with E-state index >= 15 is 0 Å². The number of hydrogen-bond donors (Lipinski definition) is 0. The van der Waals surface area contributed by atoms with E-state index in [0.29, 0.717) is 12.0 Å². The third-order valence-corrected chi connectivity index (χ3v) is 1.74. The molecule has 0 radical (unpaired) electrons. The summed E-state index contributed by atoms with van der Waals surface area (Å²) in [6.45, 7) is 0.726. The zero-order chi connectivity index (χ0) is 12.9. The molecule has 0 amide bonds. The summed E-state index contributed by atoms with van der Waals surface area (Å²) in [7, 11) is 0. The van der Waals surface area contributed by atoms with Crippen molar-refractivity contribution in [2.24, 2.45) is 0 Å². The maximum Gasteiger partial charge on any atom is 0.522 e. The van der Waals surface area contributed by atoms with Crippen LogP contribution in [-0.4, -0.2) is 30.8 Å². The first-order chi connectivity index (χ1) is 7.92. The van der Waals surface area contributed by atoms with Gasteiger partial charge in [-0.2, -0.15) is 0 Å². The van der Waals surface area contributed by atoms with Gasteiger partial charge in [-0.15, -0.1) is 13.2 Å². The fourth-order valence-electron chi connectivity index (χ4n) is 1.08. The van der Waals surface area contributed by atoms with Crippen LogP contribution in [0.3, 0.4) is 0 Å². The van der Waals surface area contributed by atoms with Crippen LogP contribution < -0.4 is 4.74 Å². The number of halogens is 3. The van der Waals surface area contributed by atoms with Gasteiger partial charge in [-0.05, 0) is 19.1 Å². The average Bonchev–Trinajstić information content (AvgIpc) is 2.24.